The maximum atomic E-state index is 14.4. The van der Waals surface area contributed by atoms with E-state index in [4.69, 9.17) is 26.3 Å². The summed E-state index contributed by atoms with van der Waals surface area (Å²) < 4.78 is 19.1. The fraction of sp³-hybridized carbons (Fsp3) is 0.452. The minimum atomic E-state index is -0.500. The van der Waals surface area contributed by atoms with Crippen molar-refractivity contribution in [2.24, 2.45) is 0 Å². The van der Waals surface area contributed by atoms with Gasteiger partial charge in [-0.2, -0.15) is 0 Å². The molecule has 0 bridgehead atoms. The van der Waals surface area contributed by atoms with Crippen LogP contribution >= 0.6 is 11.6 Å². The zero-order valence-electron chi connectivity index (χ0n) is 24.1. The first-order valence-corrected chi connectivity index (χ1v) is 14.7. The first-order valence-electron chi connectivity index (χ1n) is 14.3. The van der Waals surface area contributed by atoms with Gasteiger partial charge in [-0.15, -0.1) is 0 Å². The first-order chi connectivity index (χ1) is 20.1. The predicted molar refractivity (Wildman–Crippen MR) is 158 cm³/mol. The molecular formula is C31H34ClFN6O3. The lowest BCUT2D eigenvalue weighted by Gasteiger charge is -2.47. The quantitative estimate of drug-likeness (QED) is 0.379. The number of pyridine rings is 1. The van der Waals surface area contributed by atoms with Crippen LogP contribution in [-0.4, -0.2) is 70.6 Å². The van der Waals surface area contributed by atoms with E-state index in [0.29, 0.717) is 43.4 Å². The van der Waals surface area contributed by atoms with Gasteiger partial charge in [-0.3, -0.25) is 9.59 Å². The van der Waals surface area contributed by atoms with Gasteiger partial charge in [0.15, 0.2) is 5.82 Å². The summed E-state index contributed by atoms with van der Waals surface area (Å²) in [6, 6.07) is 8.57. The van der Waals surface area contributed by atoms with Gasteiger partial charge in [-0.05, 0) is 56.5 Å². The van der Waals surface area contributed by atoms with Crippen molar-refractivity contribution in [3.05, 3.63) is 70.5 Å². The molecule has 1 saturated heterocycles. The third-order valence-electron chi connectivity index (χ3n) is 8.82. The minimum absolute atomic E-state index is 0.0786. The van der Waals surface area contributed by atoms with Gasteiger partial charge in [0.05, 0.1) is 36.0 Å². The van der Waals surface area contributed by atoms with Crippen LogP contribution in [0.15, 0.2) is 42.7 Å². The molecule has 1 amide bonds. The summed E-state index contributed by atoms with van der Waals surface area (Å²) in [5.74, 6) is 0.541. The number of anilines is 3. The van der Waals surface area contributed by atoms with E-state index < -0.39 is 11.4 Å². The second kappa shape index (κ2) is 10.8. The molecule has 2 aromatic heterocycles. The Hall–Kier alpha value is -3.79. The van der Waals surface area contributed by atoms with Gasteiger partial charge in [0, 0.05) is 43.5 Å². The van der Waals surface area contributed by atoms with Crippen molar-refractivity contribution in [1.82, 2.24) is 19.9 Å². The summed E-state index contributed by atoms with van der Waals surface area (Å²) >= 11 is 5.95. The number of amides is 1. The van der Waals surface area contributed by atoms with Crippen LogP contribution in [0.4, 0.5) is 21.7 Å². The molecule has 3 aliphatic rings. The second-order valence-corrected chi connectivity index (χ2v) is 12.5. The van der Waals surface area contributed by atoms with E-state index in [1.807, 2.05) is 35.8 Å². The molecule has 1 spiro atoms. The molecule has 3 aromatic rings. The highest BCUT2D eigenvalue weighted by molar-refractivity contribution is 6.30. The summed E-state index contributed by atoms with van der Waals surface area (Å²) in [5, 5.41) is 0.0786. The molecule has 0 N–H and O–H groups in total. The number of nitrogens with zero attached hydrogens (tertiary/aromatic N) is 6. The number of halogens is 2. The monoisotopic (exact) mass is 592 g/mol. The normalized spacial score (nSPS) is 18.8. The number of rotatable bonds is 5. The fourth-order valence-corrected chi connectivity index (χ4v) is 6.73. The number of hydrogen-bond acceptors (Lipinski definition) is 8. The molecule has 11 heteroatoms. The molecule has 0 unspecified atom stereocenters. The highest BCUT2D eigenvalue weighted by atomic mass is 35.5. The van der Waals surface area contributed by atoms with E-state index in [1.165, 1.54) is 13.2 Å². The Morgan fingerprint density at radius 2 is 1.83 bits per heavy atom. The van der Waals surface area contributed by atoms with Crippen molar-refractivity contribution in [2.45, 2.75) is 56.9 Å². The predicted octanol–water partition coefficient (Wildman–Crippen LogP) is 5.08. The molecule has 6 rings (SSSR count). The number of ether oxygens (including phenoxy) is 1. The van der Waals surface area contributed by atoms with E-state index in [-0.39, 0.29) is 28.7 Å². The number of methoxy groups -OCH3 is 1. The van der Waals surface area contributed by atoms with Gasteiger partial charge in [-0.1, -0.05) is 30.5 Å². The lowest BCUT2D eigenvalue weighted by molar-refractivity contribution is -0.139. The van der Waals surface area contributed by atoms with Gasteiger partial charge >= 0.3 is 5.97 Å². The molecular weight excluding hydrogens is 559 g/mol. The summed E-state index contributed by atoms with van der Waals surface area (Å²) in [6.45, 7) is 6.42. The molecule has 2 aliphatic heterocycles. The second-order valence-electron chi connectivity index (χ2n) is 12.1. The number of piperazine rings is 1. The van der Waals surface area contributed by atoms with Crippen molar-refractivity contribution < 1.29 is 18.7 Å². The molecule has 1 aromatic carbocycles. The Kier molecular flexibility index (Phi) is 7.29. The van der Waals surface area contributed by atoms with Gasteiger partial charge in [-0.25, -0.2) is 19.3 Å². The van der Waals surface area contributed by atoms with Gasteiger partial charge < -0.3 is 19.4 Å². The number of carbonyl (C=O) groups is 2. The molecule has 4 heterocycles. The van der Waals surface area contributed by atoms with E-state index in [9.17, 15) is 14.0 Å². The zero-order chi connectivity index (χ0) is 29.6. The van der Waals surface area contributed by atoms with Gasteiger partial charge in [0.2, 0.25) is 0 Å². The van der Waals surface area contributed by atoms with Crippen LogP contribution in [0.3, 0.4) is 0 Å². The summed E-state index contributed by atoms with van der Waals surface area (Å²) in [6.07, 6.45) is 7.48. The maximum absolute atomic E-state index is 14.4. The van der Waals surface area contributed by atoms with Crippen molar-refractivity contribution in [3.8, 4) is 0 Å². The summed E-state index contributed by atoms with van der Waals surface area (Å²) in [7, 11) is 1.37. The standard InChI is InChI=1S/C31H34ClFN6O3/c1-30(2)18-37(25-9-6-20(16-34-25)14-26(40)42-3)12-13-39(30)29(41)24-17-35-28-27(36-24)31(10-4-5-11-31)19-38(28)21-7-8-22(32)23(33)15-21/h6-9,15-17H,4-5,10-14,18-19H2,1-3H3. The Morgan fingerprint density at radius 3 is 2.50 bits per heavy atom. The minimum Gasteiger partial charge on any atom is -0.469 e. The Labute approximate surface area is 249 Å². The molecule has 0 radical (unpaired) electrons. The number of aromatic nitrogens is 3. The smallest absolute Gasteiger partial charge is 0.310 e. The van der Waals surface area contributed by atoms with Crippen LogP contribution in [0.25, 0.3) is 0 Å². The highest BCUT2D eigenvalue weighted by Crippen LogP contribution is 2.51. The third kappa shape index (κ3) is 5.06. The highest BCUT2D eigenvalue weighted by Gasteiger charge is 2.48. The Balaban J connectivity index is 1.23. The van der Waals surface area contributed by atoms with Crippen molar-refractivity contribution in [3.63, 3.8) is 0 Å². The van der Waals surface area contributed by atoms with E-state index in [1.54, 1.807) is 24.5 Å². The lowest BCUT2D eigenvalue weighted by Crippen LogP contribution is -2.61. The fourth-order valence-electron chi connectivity index (χ4n) is 6.62. The topological polar surface area (TPSA) is 91.8 Å². The number of fused-ring (bicyclic) bond motifs is 2. The van der Waals surface area contributed by atoms with Crippen LogP contribution in [0, 0.1) is 5.82 Å². The Bertz CT molecular complexity index is 1530. The van der Waals surface area contributed by atoms with Crippen LogP contribution in [-0.2, 0) is 21.4 Å². The number of carbonyl (C=O) groups excluding carboxylic acids is 2. The van der Waals surface area contributed by atoms with E-state index in [0.717, 1.165) is 42.8 Å². The van der Waals surface area contributed by atoms with Crippen LogP contribution < -0.4 is 9.80 Å². The first kappa shape index (κ1) is 28.3. The molecule has 1 saturated carbocycles. The summed E-state index contributed by atoms with van der Waals surface area (Å²) in [4.78, 5) is 45.8. The van der Waals surface area contributed by atoms with Crippen molar-refractivity contribution in [2.75, 3.05) is 43.1 Å². The van der Waals surface area contributed by atoms with Crippen molar-refractivity contribution in [1.29, 1.82) is 0 Å². The van der Waals surface area contributed by atoms with Gasteiger partial charge in [0.1, 0.15) is 17.3 Å². The SMILES string of the molecule is COC(=O)Cc1ccc(N2CCN(C(=O)c3cnc4c(n3)C3(CCCC3)CN4c3ccc(Cl)c(F)c3)C(C)(C)C2)nc1. The van der Waals surface area contributed by atoms with Crippen LogP contribution in [0.1, 0.15) is 61.3 Å². The van der Waals surface area contributed by atoms with Gasteiger partial charge in [0.25, 0.3) is 5.91 Å². The molecule has 220 valence electrons. The molecule has 1 aliphatic carbocycles. The number of benzene rings is 1. The van der Waals surface area contributed by atoms with Crippen LogP contribution in [0.5, 0.6) is 0 Å². The Morgan fingerprint density at radius 1 is 1.05 bits per heavy atom. The van der Waals surface area contributed by atoms with Crippen molar-refractivity contribution >= 4 is 40.8 Å². The average molecular weight is 593 g/mol. The van der Waals surface area contributed by atoms with E-state index in [2.05, 4.69) is 9.88 Å². The van der Waals surface area contributed by atoms with E-state index >= 15 is 0 Å². The average Bonchev–Trinajstić information content (AvgIpc) is 3.58. The maximum Gasteiger partial charge on any atom is 0.310 e. The van der Waals surface area contributed by atoms with Crippen LogP contribution in [0.2, 0.25) is 5.02 Å². The number of esters is 1. The lowest BCUT2D eigenvalue weighted by atomic mass is 9.84. The molecule has 42 heavy (non-hydrogen) atoms. The third-order valence-corrected chi connectivity index (χ3v) is 9.13. The zero-order valence-corrected chi connectivity index (χ0v) is 24.8. The molecule has 2 fully saturated rings. The molecule has 9 nitrogen and oxygen atoms in total. The summed E-state index contributed by atoms with van der Waals surface area (Å²) in [5.41, 5.74) is 1.91. The molecule has 0 atom stereocenters. The number of hydrogen-bond donors (Lipinski definition) is 0. The largest absolute Gasteiger partial charge is 0.469 e.